The Bertz CT molecular complexity index is 1440. The van der Waals surface area contributed by atoms with Crippen LogP contribution >= 0.6 is 7.75 Å². The Morgan fingerprint density at radius 2 is 1.82 bits per heavy atom. The minimum Gasteiger partial charge on any atom is -0.462 e. The maximum absolute atomic E-state index is 14.0. The second kappa shape index (κ2) is 11.0. The molecule has 2 fully saturated rings. The monoisotopic (exact) mass is 576 g/mol. The quantitative estimate of drug-likeness (QED) is 0.265. The third kappa shape index (κ3) is 5.59. The molecule has 0 radical (unpaired) electrons. The Morgan fingerprint density at radius 3 is 2.55 bits per heavy atom. The van der Waals surface area contributed by atoms with E-state index in [0.29, 0.717) is 11.2 Å². The largest absolute Gasteiger partial charge is 0.509 e. The summed E-state index contributed by atoms with van der Waals surface area (Å²) in [5.74, 6) is -0.246. The zero-order chi connectivity index (χ0) is 28.6. The lowest BCUT2D eigenvalue weighted by molar-refractivity contribution is -0.149. The Labute approximate surface area is 228 Å². The van der Waals surface area contributed by atoms with Crippen molar-refractivity contribution in [3.05, 3.63) is 43.0 Å². The van der Waals surface area contributed by atoms with Gasteiger partial charge in [0.05, 0.1) is 18.5 Å². The summed E-state index contributed by atoms with van der Waals surface area (Å²) in [4.78, 5) is 37.0. The molecule has 5 rings (SSSR count). The van der Waals surface area contributed by atoms with Crippen LogP contribution in [0.3, 0.4) is 0 Å². The van der Waals surface area contributed by atoms with Gasteiger partial charge in [-0.2, -0.15) is 5.09 Å². The highest BCUT2D eigenvalue weighted by atomic mass is 31.2. The molecule has 0 spiro atoms. The number of esters is 1. The molecule has 2 aliphatic heterocycles. The van der Waals surface area contributed by atoms with Gasteiger partial charge < -0.3 is 29.2 Å². The summed E-state index contributed by atoms with van der Waals surface area (Å²) in [6.45, 7) is 6.44. The first-order chi connectivity index (χ1) is 19.0. The second-order valence-electron chi connectivity index (χ2n) is 9.54. The van der Waals surface area contributed by atoms with Gasteiger partial charge >= 0.3 is 19.9 Å². The first kappa shape index (κ1) is 27.8. The van der Waals surface area contributed by atoms with Crippen LogP contribution in [-0.4, -0.2) is 68.2 Å². The SMILES string of the molecule is CC(C)OC(=O)[C@H](C)NP(=O)(Oc1ccccc1)O[C@@H](C)[C@H]1O[C@@H](n2cnc3c(N)ncnc32)[C@@H]2OC(=O)O[C@@H]21. The number of ether oxygens (including phenoxy) is 4. The minimum absolute atomic E-state index is 0.168. The lowest BCUT2D eigenvalue weighted by Gasteiger charge is -2.29. The highest BCUT2D eigenvalue weighted by molar-refractivity contribution is 7.52. The number of aromatic nitrogens is 4. The van der Waals surface area contributed by atoms with E-state index in [4.69, 9.17) is 33.7 Å². The summed E-state index contributed by atoms with van der Waals surface area (Å²) in [7, 11) is -4.25. The van der Waals surface area contributed by atoms with E-state index in [0.717, 1.165) is 0 Å². The smallest absolute Gasteiger partial charge is 0.462 e. The lowest BCUT2D eigenvalue weighted by atomic mass is 10.1. The molecular formula is C24H29N6O9P. The van der Waals surface area contributed by atoms with Crippen LogP contribution in [-0.2, 0) is 32.8 Å². The highest BCUT2D eigenvalue weighted by Crippen LogP contribution is 2.49. The normalized spacial score (nSPS) is 25.1. The van der Waals surface area contributed by atoms with Gasteiger partial charge in [-0.3, -0.25) is 13.9 Å². The van der Waals surface area contributed by atoms with Crippen molar-refractivity contribution in [3.63, 3.8) is 0 Å². The number of anilines is 1. The molecule has 2 aliphatic rings. The molecule has 1 unspecified atom stereocenters. The molecule has 3 N–H and O–H groups in total. The van der Waals surface area contributed by atoms with Gasteiger partial charge in [-0.1, -0.05) is 18.2 Å². The maximum Gasteiger partial charge on any atom is 0.509 e. The van der Waals surface area contributed by atoms with Gasteiger partial charge in [-0.05, 0) is 39.8 Å². The van der Waals surface area contributed by atoms with Crippen molar-refractivity contribution < 1.29 is 42.1 Å². The van der Waals surface area contributed by atoms with Crippen molar-refractivity contribution >= 4 is 36.9 Å². The van der Waals surface area contributed by atoms with Gasteiger partial charge in [0.1, 0.15) is 29.7 Å². The molecule has 15 nitrogen and oxygen atoms in total. The highest BCUT2D eigenvalue weighted by Gasteiger charge is 2.58. The van der Waals surface area contributed by atoms with E-state index < -0.39 is 56.6 Å². The third-order valence-corrected chi connectivity index (χ3v) is 7.91. The molecular weight excluding hydrogens is 547 g/mol. The average Bonchev–Trinajstić information content (AvgIpc) is 3.57. The number of carbonyl (C=O) groups is 2. The predicted octanol–water partition coefficient (Wildman–Crippen LogP) is 2.73. The van der Waals surface area contributed by atoms with Crippen molar-refractivity contribution in [2.45, 2.75) is 70.5 Å². The molecule has 0 amide bonds. The van der Waals surface area contributed by atoms with E-state index in [-0.39, 0.29) is 17.7 Å². The van der Waals surface area contributed by atoms with Gasteiger partial charge in [0.15, 0.2) is 29.9 Å². The molecule has 4 heterocycles. The Hall–Kier alpha value is -3.78. The molecule has 2 saturated heterocycles. The summed E-state index contributed by atoms with van der Waals surface area (Å²) in [5.41, 5.74) is 6.60. The number of rotatable bonds is 10. The van der Waals surface area contributed by atoms with E-state index in [1.807, 2.05) is 0 Å². The molecule has 40 heavy (non-hydrogen) atoms. The van der Waals surface area contributed by atoms with E-state index in [1.165, 1.54) is 19.6 Å². The van der Waals surface area contributed by atoms with Gasteiger partial charge in [0.25, 0.3) is 0 Å². The van der Waals surface area contributed by atoms with E-state index in [2.05, 4.69) is 20.0 Å². The fraction of sp³-hybridized carbons (Fsp3) is 0.458. The molecule has 16 heteroatoms. The summed E-state index contributed by atoms with van der Waals surface area (Å²) in [6.07, 6.45) is -3.30. The van der Waals surface area contributed by atoms with Gasteiger partial charge in [-0.25, -0.2) is 24.3 Å². The maximum atomic E-state index is 14.0. The predicted molar refractivity (Wildman–Crippen MR) is 138 cm³/mol. The number of imidazole rings is 1. The summed E-state index contributed by atoms with van der Waals surface area (Å²) < 4.78 is 49.5. The van der Waals surface area contributed by atoms with E-state index >= 15 is 0 Å². The molecule has 0 bridgehead atoms. The van der Waals surface area contributed by atoms with Gasteiger partial charge in [0.2, 0.25) is 0 Å². The summed E-state index contributed by atoms with van der Waals surface area (Å²) in [6, 6.07) is 7.26. The fourth-order valence-electron chi connectivity index (χ4n) is 4.43. The number of hydrogen-bond donors (Lipinski definition) is 2. The van der Waals surface area contributed by atoms with E-state index in [9.17, 15) is 14.2 Å². The number of nitrogen functional groups attached to an aromatic ring is 1. The molecule has 0 saturated carbocycles. The Balaban J connectivity index is 1.40. The van der Waals surface area contributed by atoms with Crippen molar-refractivity contribution in [1.29, 1.82) is 0 Å². The van der Waals surface area contributed by atoms with Crippen LogP contribution in [0.5, 0.6) is 5.75 Å². The average molecular weight is 577 g/mol. The topological polar surface area (TPSA) is 188 Å². The van der Waals surface area contributed by atoms with E-state index in [1.54, 1.807) is 55.7 Å². The molecule has 1 aromatic carbocycles. The fourth-order valence-corrected chi connectivity index (χ4v) is 6.13. The van der Waals surface area contributed by atoms with Crippen LogP contribution in [0.15, 0.2) is 43.0 Å². The first-order valence-electron chi connectivity index (χ1n) is 12.5. The van der Waals surface area contributed by atoms with Crippen molar-refractivity contribution in [2.24, 2.45) is 0 Å². The number of hydrogen-bond acceptors (Lipinski definition) is 13. The third-order valence-electron chi connectivity index (χ3n) is 6.14. The number of nitrogens with zero attached hydrogens (tertiary/aromatic N) is 4. The number of carbonyl (C=O) groups excluding carboxylic acids is 2. The van der Waals surface area contributed by atoms with Crippen LogP contribution in [0.25, 0.3) is 11.2 Å². The summed E-state index contributed by atoms with van der Waals surface area (Å²) in [5, 5.41) is 2.63. The Morgan fingerprint density at radius 1 is 1.10 bits per heavy atom. The number of para-hydroxylation sites is 1. The molecule has 7 atom stereocenters. The van der Waals surface area contributed by atoms with Crippen LogP contribution in [0.1, 0.15) is 33.9 Å². The molecule has 2 aromatic heterocycles. The number of nitrogens with two attached hydrogens (primary N) is 1. The zero-order valence-electron chi connectivity index (χ0n) is 22.1. The lowest BCUT2D eigenvalue weighted by Crippen LogP contribution is -2.41. The van der Waals surface area contributed by atoms with Gasteiger partial charge in [-0.15, -0.1) is 0 Å². The number of fused-ring (bicyclic) bond motifs is 2. The molecule has 214 valence electrons. The number of nitrogens with one attached hydrogen (secondary N) is 1. The second-order valence-corrected chi connectivity index (χ2v) is 11.2. The molecule has 3 aromatic rings. The van der Waals surface area contributed by atoms with Crippen molar-refractivity contribution in [2.75, 3.05) is 5.73 Å². The zero-order valence-corrected chi connectivity index (χ0v) is 23.0. The van der Waals surface area contributed by atoms with Crippen molar-refractivity contribution in [3.8, 4) is 5.75 Å². The van der Waals surface area contributed by atoms with Crippen LogP contribution in [0.2, 0.25) is 0 Å². The van der Waals surface area contributed by atoms with Crippen LogP contribution in [0, 0.1) is 0 Å². The summed E-state index contributed by atoms with van der Waals surface area (Å²) >= 11 is 0. The minimum atomic E-state index is -4.25. The number of benzene rings is 1. The standard InChI is InChI=1S/C24H29N6O9P/c1-12(2)34-23(31)13(3)29-40(33,39-15-8-6-5-7-9-15)38-14(4)17-18-19(37-24(32)36-18)22(35-17)30-11-28-16-20(25)26-10-27-21(16)30/h5-14,17-19,22H,1-4H3,(H,29,33)(H2,25,26,27)/t13-,14-,17+,18+,19+,22+,40?/m0/s1. The van der Waals surface area contributed by atoms with Crippen LogP contribution < -0.4 is 15.3 Å². The van der Waals surface area contributed by atoms with Crippen molar-refractivity contribution in [1.82, 2.24) is 24.6 Å². The Kier molecular flexibility index (Phi) is 7.64. The van der Waals surface area contributed by atoms with Gasteiger partial charge in [0, 0.05) is 0 Å². The van der Waals surface area contributed by atoms with Crippen LogP contribution in [0.4, 0.5) is 10.6 Å². The molecule has 0 aliphatic carbocycles. The first-order valence-corrected chi connectivity index (χ1v) is 14.1.